The lowest BCUT2D eigenvalue weighted by atomic mass is 10.4. The minimum Gasteiger partial charge on any atom is -0.385 e. The van der Waals surface area contributed by atoms with E-state index in [0.717, 1.165) is 0 Å². The molecule has 0 bridgehead atoms. The summed E-state index contributed by atoms with van der Waals surface area (Å²) in [5.74, 6) is -0.0178. The van der Waals surface area contributed by atoms with Gasteiger partial charge < -0.3 is 4.74 Å². The number of benzene rings is 1. The van der Waals surface area contributed by atoms with E-state index in [2.05, 4.69) is 0 Å². The van der Waals surface area contributed by atoms with Crippen LogP contribution in [0.4, 0.5) is 0 Å². The Hall–Kier alpha value is -0.960. The van der Waals surface area contributed by atoms with Crippen LogP contribution < -0.4 is 0 Å². The molecule has 1 aromatic rings. The molecule has 0 fully saturated rings. The van der Waals surface area contributed by atoms with Gasteiger partial charge >= 0.3 is 0 Å². The molecule has 0 spiro atoms. The third-order valence-electron chi connectivity index (χ3n) is 3.09. The lowest BCUT2D eigenvalue weighted by molar-refractivity contribution is 0.189. The minimum absolute atomic E-state index is 0.0178. The summed E-state index contributed by atoms with van der Waals surface area (Å²) >= 11 is 0. The number of nitrogens with zero attached hydrogens (tertiary/aromatic N) is 1. The highest BCUT2D eigenvalue weighted by Gasteiger charge is 2.21. The van der Waals surface area contributed by atoms with E-state index in [1.165, 1.54) is 35.6 Å². The highest BCUT2D eigenvalue weighted by Crippen LogP contribution is 2.18. The molecule has 0 N–H and O–H groups in total. The van der Waals surface area contributed by atoms with Crippen LogP contribution in [0.5, 0.6) is 0 Å². The average Bonchev–Trinajstić information content (AvgIpc) is 2.47. The Bertz CT molecular complexity index is 650. The predicted molar refractivity (Wildman–Crippen MR) is 80.5 cm³/mol. The monoisotopic (exact) mass is 335 g/mol. The summed E-state index contributed by atoms with van der Waals surface area (Å²) in [6, 6.07) is 5.30. The zero-order valence-electron chi connectivity index (χ0n) is 12.4. The highest BCUT2D eigenvalue weighted by atomic mass is 32.2. The van der Waals surface area contributed by atoms with Crippen LogP contribution in [-0.4, -0.2) is 54.2 Å². The molecule has 0 aliphatic heterocycles. The number of sulfone groups is 1. The smallest absolute Gasteiger partial charge is 0.242 e. The van der Waals surface area contributed by atoms with Gasteiger partial charge in [0, 0.05) is 27.3 Å². The van der Waals surface area contributed by atoms with Crippen LogP contribution in [0.25, 0.3) is 0 Å². The van der Waals surface area contributed by atoms with Crippen molar-refractivity contribution in [3.63, 3.8) is 0 Å². The molecule has 0 atom stereocenters. The Balaban J connectivity index is 2.95. The molecule has 0 aromatic heterocycles. The molecule has 1 aromatic carbocycles. The summed E-state index contributed by atoms with van der Waals surface area (Å²) in [5.41, 5.74) is 0. The molecule has 120 valence electrons. The zero-order valence-corrected chi connectivity index (χ0v) is 14.1. The van der Waals surface area contributed by atoms with Crippen molar-refractivity contribution < 1.29 is 21.6 Å². The van der Waals surface area contributed by atoms with Crippen molar-refractivity contribution in [2.24, 2.45) is 0 Å². The number of methoxy groups -OCH3 is 1. The standard InChI is InChI=1S/C13H21NO5S2/c1-4-20(15,16)12-6-8-13(9-7-12)21(17,18)14(2)10-5-11-19-3/h6-9H,4-5,10-11H2,1-3H3. The van der Waals surface area contributed by atoms with Crippen LogP contribution in [0, 0.1) is 0 Å². The zero-order chi connectivity index (χ0) is 16.1. The fourth-order valence-corrected chi connectivity index (χ4v) is 3.81. The molecule has 1 rings (SSSR count). The number of ether oxygens (including phenoxy) is 1. The second kappa shape index (κ2) is 7.35. The first-order valence-corrected chi connectivity index (χ1v) is 9.63. The van der Waals surface area contributed by atoms with Gasteiger partial charge in [-0.2, -0.15) is 0 Å². The average molecular weight is 335 g/mol. The van der Waals surface area contributed by atoms with E-state index in [4.69, 9.17) is 4.74 Å². The maximum atomic E-state index is 12.3. The van der Waals surface area contributed by atoms with Crippen molar-refractivity contribution >= 4 is 19.9 Å². The first-order chi connectivity index (χ1) is 9.75. The maximum Gasteiger partial charge on any atom is 0.242 e. The van der Waals surface area contributed by atoms with Crippen LogP contribution >= 0.6 is 0 Å². The molecule has 8 heteroatoms. The molecular formula is C13H21NO5S2. The Morgan fingerprint density at radius 3 is 2.05 bits per heavy atom. The summed E-state index contributed by atoms with van der Waals surface area (Å²) in [4.78, 5) is 0.212. The van der Waals surface area contributed by atoms with Crippen molar-refractivity contribution in [1.82, 2.24) is 4.31 Å². The molecule has 0 saturated heterocycles. The van der Waals surface area contributed by atoms with E-state index in [9.17, 15) is 16.8 Å². The topological polar surface area (TPSA) is 80.8 Å². The van der Waals surface area contributed by atoms with Gasteiger partial charge in [0.25, 0.3) is 0 Å². The number of hydrogen-bond acceptors (Lipinski definition) is 5. The lowest BCUT2D eigenvalue weighted by Gasteiger charge is -2.17. The summed E-state index contributed by atoms with van der Waals surface area (Å²) < 4.78 is 54.1. The van der Waals surface area contributed by atoms with Crippen molar-refractivity contribution in [1.29, 1.82) is 0 Å². The van der Waals surface area contributed by atoms with E-state index < -0.39 is 19.9 Å². The van der Waals surface area contributed by atoms with Crippen molar-refractivity contribution in [3.05, 3.63) is 24.3 Å². The van der Waals surface area contributed by atoms with Gasteiger partial charge in [-0.25, -0.2) is 21.1 Å². The highest BCUT2D eigenvalue weighted by molar-refractivity contribution is 7.91. The largest absolute Gasteiger partial charge is 0.385 e. The van der Waals surface area contributed by atoms with E-state index in [1.807, 2.05) is 0 Å². The van der Waals surface area contributed by atoms with Gasteiger partial charge in [-0.15, -0.1) is 0 Å². The van der Waals surface area contributed by atoms with Crippen LogP contribution in [-0.2, 0) is 24.6 Å². The molecule has 0 heterocycles. The Morgan fingerprint density at radius 1 is 1.05 bits per heavy atom. The first kappa shape index (κ1) is 18.1. The van der Waals surface area contributed by atoms with Crippen molar-refractivity contribution in [2.75, 3.05) is 33.1 Å². The quantitative estimate of drug-likeness (QED) is 0.666. The van der Waals surface area contributed by atoms with E-state index in [0.29, 0.717) is 19.6 Å². The minimum atomic E-state index is -3.61. The summed E-state index contributed by atoms with van der Waals surface area (Å²) in [6.45, 7) is 2.36. The van der Waals surface area contributed by atoms with E-state index >= 15 is 0 Å². The van der Waals surface area contributed by atoms with Gasteiger partial charge in [0.2, 0.25) is 10.0 Å². The van der Waals surface area contributed by atoms with Crippen LogP contribution in [0.1, 0.15) is 13.3 Å². The van der Waals surface area contributed by atoms with Crippen molar-refractivity contribution in [2.45, 2.75) is 23.1 Å². The van der Waals surface area contributed by atoms with Gasteiger partial charge in [-0.1, -0.05) is 6.92 Å². The summed E-state index contributed by atoms with van der Waals surface area (Å²) in [7, 11) is -3.88. The number of sulfonamides is 1. The van der Waals surface area contributed by atoms with Gasteiger partial charge in [0.15, 0.2) is 9.84 Å². The predicted octanol–water partition coefficient (Wildman–Crippen LogP) is 1.14. The molecule has 0 amide bonds. The molecule has 0 radical (unpaired) electrons. The SMILES string of the molecule is CCS(=O)(=O)c1ccc(S(=O)(=O)N(C)CCCOC)cc1. The number of hydrogen-bond donors (Lipinski definition) is 0. The summed E-state index contributed by atoms with van der Waals surface area (Å²) in [5, 5.41) is 0. The van der Waals surface area contributed by atoms with Crippen LogP contribution in [0.2, 0.25) is 0 Å². The molecular weight excluding hydrogens is 314 g/mol. The third-order valence-corrected chi connectivity index (χ3v) is 6.71. The van der Waals surface area contributed by atoms with Crippen LogP contribution in [0.3, 0.4) is 0 Å². The van der Waals surface area contributed by atoms with Crippen LogP contribution in [0.15, 0.2) is 34.1 Å². The normalized spacial score (nSPS) is 12.8. The Labute approximate surface area is 126 Å². The molecule has 0 saturated carbocycles. The van der Waals surface area contributed by atoms with E-state index in [1.54, 1.807) is 14.0 Å². The van der Waals surface area contributed by atoms with E-state index in [-0.39, 0.29) is 15.5 Å². The number of rotatable bonds is 8. The first-order valence-electron chi connectivity index (χ1n) is 6.54. The molecule has 0 aliphatic carbocycles. The van der Waals surface area contributed by atoms with Gasteiger partial charge in [-0.3, -0.25) is 0 Å². The summed E-state index contributed by atoms with van der Waals surface area (Å²) in [6.07, 6.45) is 0.592. The Kier molecular flexibility index (Phi) is 6.33. The second-order valence-electron chi connectivity index (χ2n) is 4.55. The lowest BCUT2D eigenvalue weighted by Crippen LogP contribution is -2.28. The molecule has 0 aliphatic rings. The fraction of sp³-hybridized carbons (Fsp3) is 0.538. The van der Waals surface area contributed by atoms with Gasteiger partial charge in [-0.05, 0) is 30.7 Å². The molecule has 6 nitrogen and oxygen atoms in total. The maximum absolute atomic E-state index is 12.3. The van der Waals surface area contributed by atoms with Gasteiger partial charge in [0.05, 0.1) is 15.5 Å². The second-order valence-corrected chi connectivity index (χ2v) is 8.87. The van der Waals surface area contributed by atoms with Crippen molar-refractivity contribution in [3.8, 4) is 0 Å². The fourth-order valence-electron chi connectivity index (χ4n) is 1.72. The Morgan fingerprint density at radius 2 is 1.57 bits per heavy atom. The van der Waals surface area contributed by atoms with Gasteiger partial charge in [0.1, 0.15) is 0 Å². The molecule has 21 heavy (non-hydrogen) atoms. The third kappa shape index (κ3) is 4.50. The molecule has 0 unspecified atom stereocenters.